The Bertz CT molecular complexity index is 1250. The van der Waals surface area contributed by atoms with Crippen molar-refractivity contribution < 1.29 is 65.9 Å². The zero-order valence-electron chi connectivity index (χ0n) is 16.9. The van der Waals surface area contributed by atoms with Gasteiger partial charge in [-0.25, -0.2) is 30.7 Å². The molecule has 1 fully saturated rings. The van der Waals surface area contributed by atoms with Gasteiger partial charge in [0.1, 0.15) is 16.7 Å². The Kier molecular flexibility index (Phi) is 5.54. The van der Waals surface area contributed by atoms with Crippen LogP contribution in [0.15, 0.2) is 0 Å². The molecule has 0 aromatic heterocycles. The minimum absolute atomic E-state index is 0.0673. The molecule has 0 N–H and O–H groups in total. The second kappa shape index (κ2) is 7.60. The van der Waals surface area contributed by atoms with E-state index in [0.29, 0.717) is 0 Å². The summed E-state index contributed by atoms with van der Waals surface area (Å²) in [5.74, 6) is -50.9. The normalized spacial score (nSPS) is 21.6. The molecule has 198 valence electrons. The maximum atomic E-state index is 15.2. The molecule has 2 aromatic rings. The van der Waals surface area contributed by atoms with E-state index in [1.807, 2.05) is 0 Å². The lowest BCUT2D eigenvalue weighted by atomic mass is 9.85. The van der Waals surface area contributed by atoms with Gasteiger partial charge in [-0.05, 0) is 12.8 Å². The summed E-state index contributed by atoms with van der Waals surface area (Å²) in [4.78, 5) is 0.232. The summed E-state index contributed by atoms with van der Waals surface area (Å²) in [6.07, 6.45) is -0.135. The van der Waals surface area contributed by atoms with Crippen molar-refractivity contribution in [3.63, 3.8) is 0 Å². The van der Waals surface area contributed by atoms with Crippen LogP contribution in [0.4, 0.5) is 71.5 Å². The van der Waals surface area contributed by atoms with E-state index in [-0.39, 0.29) is 17.7 Å². The summed E-state index contributed by atoms with van der Waals surface area (Å²) in [6, 6.07) is 0. The van der Waals surface area contributed by atoms with Crippen molar-refractivity contribution in [1.82, 2.24) is 0 Å². The molecule has 5 aliphatic rings. The molecule has 2 aromatic carbocycles. The predicted octanol–water partition coefficient (Wildman–Crippen LogP) is 7.34. The fraction of sp³-hybridized carbons (Fsp3) is 0.400. The molecule has 36 heavy (non-hydrogen) atoms. The average molecular weight is 547 g/mol. The third-order valence-electron chi connectivity index (χ3n) is 6.03. The number of alkyl halides is 8. The second-order valence-electron chi connectivity index (χ2n) is 8.04. The first-order valence-corrected chi connectivity index (χ1v) is 9.69. The molecule has 1 aliphatic heterocycles. The van der Waals surface area contributed by atoms with Crippen molar-refractivity contribution in [3.05, 3.63) is 63.0 Å². The van der Waals surface area contributed by atoms with Crippen molar-refractivity contribution in [3.8, 4) is 0 Å². The zero-order chi connectivity index (χ0) is 27.3. The van der Waals surface area contributed by atoms with Crippen LogP contribution >= 0.6 is 0 Å². The fourth-order valence-corrected chi connectivity index (χ4v) is 4.26. The molecule has 4 aliphatic carbocycles. The van der Waals surface area contributed by atoms with Crippen molar-refractivity contribution in [2.45, 2.75) is 36.5 Å². The predicted molar refractivity (Wildman–Crippen MR) is 89.6 cm³/mol. The molecular weight excluding hydrogens is 539 g/mol. The number of nitrogens with zero attached hydrogens (tertiary/aromatic N) is 1. The van der Waals surface area contributed by atoms with Crippen molar-refractivity contribution in [2.75, 3.05) is 18.0 Å². The monoisotopic (exact) mass is 547 g/mol. The van der Waals surface area contributed by atoms with Gasteiger partial charge in [-0.15, -0.1) is 0 Å². The number of hydrogen-bond donors (Lipinski definition) is 0. The lowest BCUT2D eigenvalue weighted by Gasteiger charge is -2.36. The Labute approximate surface area is 190 Å². The van der Waals surface area contributed by atoms with Gasteiger partial charge in [-0.3, -0.25) is 0 Å². The molecule has 0 spiro atoms. The smallest absolute Gasteiger partial charge is 0.345 e. The van der Waals surface area contributed by atoms with Crippen LogP contribution in [0.2, 0.25) is 0 Å². The van der Waals surface area contributed by atoms with Crippen LogP contribution in [0.3, 0.4) is 0 Å². The highest BCUT2D eigenvalue weighted by molar-refractivity contribution is 5.62. The standard InChI is InChI=1S/C20H8F15N/c21-9-5-10(22)12(24)6(11(9)23)18(30,31)20(34,35)8-14(26)13(25)7(19(32,33)17(5,28)29)15(27)16(8)36-3-1-2-4-36/h1-4H2. The van der Waals surface area contributed by atoms with E-state index in [1.54, 1.807) is 0 Å². The summed E-state index contributed by atoms with van der Waals surface area (Å²) >= 11 is 0. The van der Waals surface area contributed by atoms with Crippen LogP contribution in [-0.2, 0) is 23.7 Å². The summed E-state index contributed by atoms with van der Waals surface area (Å²) in [6.45, 7) is -1.25. The largest absolute Gasteiger partial charge is 0.369 e. The number of anilines is 1. The van der Waals surface area contributed by atoms with Crippen LogP contribution in [0, 0.1) is 40.7 Å². The Hall–Kier alpha value is -2.81. The Morgan fingerprint density at radius 1 is 0.389 bits per heavy atom. The van der Waals surface area contributed by atoms with E-state index in [0.717, 1.165) is 0 Å². The third-order valence-corrected chi connectivity index (χ3v) is 6.03. The first kappa shape index (κ1) is 26.3. The summed E-state index contributed by atoms with van der Waals surface area (Å²) in [7, 11) is 0. The van der Waals surface area contributed by atoms with Gasteiger partial charge >= 0.3 is 23.7 Å². The molecule has 1 saturated heterocycles. The maximum Gasteiger partial charge on any atom is 0.345 e. The van der Waals surface area contributed by atoms with E-state index in [9.17, 15) is 52.7 Å². The van der Waals surface area contributed by atoms with Gasteiger partial charge in [0.15, 0.2) is 40.7 Å². The average Bonchev–Trinajstić information content (AvgIpc) is 3.28. The molecule has 0 saturated carbocycles. The minimum atomic E-state index is -6.67. The molecule has 0 radical (unpaired) electrons. The summed E-state index contributed by atoms with van der Waals surface area (Å²) in [5.41, 5.74) is -15.9. The third kappa shape index (κ3) is 2.95. The molecule has 0 atom stereocenters. The number of benzene rings is 2. The van der Waals surface area contributed by atoms with E-state index in [2.05, 4.69) is 0 Å². The van der Waals surface area contributed by atoms with E-state index >= 15 is 13.2 Å². The highest BCUT2D eigenvalue weighted by Crippen LogP contribution is 2.60. The second-order valence-corrected chi connectivity index (χ2v) is 8.04. The zero-order valence-corrected chi connectivity index (χ0v) is 16.9. The maximum absolute atomic E-state index is 15.2. The lowest BCUT2D eigenvalue weighted by Crippen LogP contribution is -2.45. The first-order valence-electron chi connectivity index (χ1n) is 9.69. The van der Waals surface area contributed by atoms with Gasteiger partial charge in [-0.2, -0.15) is 35.1 Å². The fourth-order valence-electron chi connectivity index (χ4n) is 4.26. The molecule has 1 heterocycles. The Morgan fingerprint density at radius 2 is 0.639 bits per heavy atom. The number of hydrogen-bond acceptors (Lipinski definition) is 1. The minimum Gasteiger partial charge on any atom is -0.369 e. The van der Waals surface area contributed by atoms with Crippen LogP contribution in [-0.4, -0.2) is 13.1 Å². The molecule has 0 unspecified atom stereocenters. The highest BCUT2D eigenvalue weighted by Gasteiger charge is 2.70. The van der Waals surface area contributed by atoms with E-state index in [4.69, 9.17) is 0 Å². The molecule has 0 amide bonds. The van der Waals surface area contributed by atoms with Crippen molar-refractivity contribution in [1.29, 1.82) is 0 Å². The van der Waals surface area contributed by atoms with Gasteiger partial charge in [0, 0.05) is 13.1 Å². The number of rotatable bonds is 1. The SMILES string of the molecule is Fc1c(F)c2c(F)c(F)c1C(F)(F)C(F)(F)c1c(F)c(F)c(c(N3CCCC3)c1F)C(F)(F)C2(F)F. The Balaban J connectivity index is 2.34. The van der Waals surface area contributed by atoms with Crippen molar-refractivity contribution in [2.24, 2.45) is 0 Å². The summed E-state index contributed by atoms with van der Waals surface area (Å²) < 4.78 is 221. The summed E-state index contributed by atoms with van der Waals surface area (Å²) in [5, 5.41) is 0. The van der Waals surface area contributed by atoms with E-state index in [1.165, 1.54) is 0 Å². The molecule has 7 rings (SSSR count). The molecule has 16 heteroatoms. The number of halogens is 15. The van der Waals surface area contributed by atoms with Gasteiger partial charge in [0.25, 0.3) is 0 Å². The molecule has 1 nitrogen and oxygen atoms in total. The van der Waals surface area contributed by atoms with Gasteiger partial charge in [-0.1, -0.05) is 0 Å². The van der Waals surface area contributed by atoms with Gasteiger partial charge in [0.05, 0.1) is 11.3 Å². The van der Waals surface area contributed by atoms with E-state index < -0.39 is 105 Å². The topological polar surface area (TPSA) is 3.24 Å². The van der Waals surface area contributed by atoms with Crippen LogP contribution in [0.25, 0.3) is 0 Å². The van der Waals surface area contributed by atoms with Gasteiger partial charge in [0.2, 0.25) is 0 Å². The van der Waals surface area contributed by atoms with Gasteiger partial charge < -0.3 is 4.90 Å². The highest BCUT2D eigenvalue weighted by atomic mass is 19.3. The van der Waals surface area contributed by atoms with Crippen LogP contribution in [0.1, 0.15) is 35.1 Å². The van der Waals surface area contributed by atoms with Crippen LogP contribution < -0.4 is 4.90 Å². The van der Waals surface area contributed by atoms with Crippen molar-refractivity contribution >= 4 is 5.69 Å². The first-order chi connectivity index (χ1) is 16.3. The molecule has 4 bridgehead atoms. The lowest BCUT2D eigenvalue weighted by molar-refractivity contribution is -0.235. The Morgan fingerprint density at radius 3 is 0.972 bits per heavy atom. The molecular formula is C20H8F15N. The quantitative estimate of drug-likeness (QED) is 0.267. The van der Waals surface area contributed by atoms with Crippen LogP contribution in [0.5, 0.6) is 0 Å².